The summed E-state index contributed by atoms with van der Waals surface area (Å²) in [5.41, 5.74) is 0. The van der Waals surface area contributed by atoms with Gasteiger partial charge in [0.1, 0.15) is 6.79 Å². The molecule has 0 spiro atoms. The Hall–Kier alpha value is -0.520. The standard InChI is InChI=1S/C27H44O2/c1-3-7-24(8-4-1)25-17-13-22(14-18-25)11-12-23-15-19-27(20-16-23)29-21-28-26-9-5-2-6-10-26/h22-27H,1-10,13-21H2. The highest BCUT2D eigenvalue weighted by molar-refractivity contribution is 5.09. The van der Waals surface area contributed by atoms with Gasteiger partial charge in [-0.2, -0.15) is 0 Å². The molecule has 0 amide bonds. The van der Waals surface area contributed by atoms with Crippen molar-refractivity contribution in [2.24, 2.45) is 23.7 Å². The normalized spacial score (nSPS) is 35.0. The third-order valence-electron chi connectivity index (χ3n) is 8.41. The second-order valence-corrected chi connectivity index (χ2v) is 10.5. The highest BCUT2D eigenvalue weighted by atomic mass is 16.7. The summed E-state index contributed by atoms with van der Waals surface area (Å²) in [6, 6.07) is 0. The number of ether oxygens (including phenoxy) is 2. The van der Waals surface area contributed by atoms with Gasteiger partial charge in [-0.3, -0.25) is 0 Å². The van der Waals surface area contributed by atoms with Crippen LogP contribution in [0.4, 0.5) is 0 Å². The Morgan fingerprint density at radius 2 is 0.897 bits per heavy atom. The Kier molecular flexibility index (Phi) is 8.80. The average molecular weight is 401 g/mol. The van der Waals surface area contributed by atoms with Gasteiger partial charge >= 0.3 is 0 Å². The van der Waals surface area contributed by atoms with Crippen molar-refractivity contribution in [2.75, 3.05) is 6.79 Å². The van der Waals surface area contributed by atoms with E-state index in [4.69, 9.17) is 9.47 Å². The second-order valence-electron chi connectivity index (χ2n) is 10.5. The number of rotatable bonds is 5. The summed E-state index contributed by atoms with van der Waals surface area (Å²) in [5.74, 6) is 10.8. The highest BCUT2D eigenvalue weighted by Gasteiger charge is 2.28. The third kappa shape index (κ3) is 7.00. The maximum atomic E-state index is 6.03. The minimum atomic E-state index is 0.405. The van der Waals surface area contributed by atoms with Crippen LogP contribution in [-0.4, -0.2) is 19.0 Å². The molecule has 0 aromatic rings. The van der Waals surface area contributed by atoms with E-state index in [1.807, 2.05) is 0 Å². The van der Waals surface area contributed by atoms with Gasteiger partial charge in [-0.25, -0.2) is 0 Å². The summed E-state index contributed by atoms with van der Waals surface area (Å²) >= 11 is 0. The lowest BCUT2D eigenvalue weighted by Crippen LogP contribution is -2.25. The molecule has 4 aliphatic carbocycles. The Balaban J connectivity index is 1.09. The fourth-order valence-electron chi connectivity index (χ4n) is 6.41. The molecule has 0 N–H and O–H groups in total. The Bertz CT molecular complexity index is 504. The lowest BCUT2D eigenvalue weighted by molar-refractivity contribution is -0.132. The van der Waals surface area contributed by atoms with Gasteiger partial charge in [0.25, 0.3) is 0 Å². The van der Waals surface area contributed by atoms with Gasteiger partial charge in [0.15, 0.2) is 0 Å². The molecule has 4 aliphatic rings. The van der Waals surface area contributed by atoms with E-state index in [1.54, 1.807) is 0 Å². The molecule has 0 bridgehead atoms. The summed E-state index contributed by atoms with van der Waals surface area (Å²) in [4.78, 5) is 0. The van der Waals surface area contributed by atoms with Crippen LogP contribution in [0.2, 0.25) is 0 Å². The van der Waals surface area contributed by atoms with Crippen LogP contribution in [0.3, 0.4) is 0 Å². The maximum absolute atomic E-state index is 6.03. The number of hydrogen-bond acceptors (Lipinski definition) is 2. The topological polar surface area (TPSA) is 18.5 Å². The lowest BCUT2D eigenvalue weighted by atomic mass is 9.71. The van der Waals surface area contributed by atoms with Crippen LogP contribution in [0.1, 0.15) is 116 Å². The van der Waals surface area contributed by atoms with Crippen molar-refractivity contribution < 1.29 is 9.47 Å². The van der Waals surface area contributed by atoms with Gasteiger partial charge in [0.2, 0.25) is 0 Å². The van der Waals surface area contributed by atoms with Crippen LogP contribution >= 0.6 is 0 Å². The molecule has 4 fully saturated rings. The molecule has 0 heterocycles. The van der Waals surface area contributed by atoms with Crippen molar-refractivity contribution in [1.29, 1.82) is 0 Å². The van der Waals surface area contributed by atoms with Crippen LogP contribution in [0.5, 0.6) is 0 Å². The van der Waals surface area contributed by atoms with E-state index >= 15 is 0 Å². The Morgan fingerprint density at radius 1 is 0.448 bits per heavy atom. The minimum Gasteiger partial charge on any atom is -0.352 e. The molecule has 2 nitrogen and oxygen atoms in total. The fraction of sp³-hybridized carbons (Fsp3) is 0.926. The van der Waals surface area contributed by atoms with Crippen molar-refractivity contribution in [1.82, 2.24) is 0 Å². The van der Waals surface area contributed by atoms with Crippen molar-refractivity contribution >= 4 is 0 Å². The molecule has 0 aromatic heterocycles. The first kappa shape index (κ1) is 21.7. The quantitative estimate of drug-likeness (QED) is 0.357. The SMILES string of the molecule is C(#CC1CCC(C2CCCCC2)CC1)C1CCC(OCOC2CCCCC2)CC1. The van der Waals surface area contributed by atoms with Gasteiger partial charge in [0.05, 0.1) is 12.2 Å². The average Bonchev–Trinajstić information content (AvgIpc) is 2.80. The first-order chi connectivity index (χ1) is 14.4. The Labute approximate surface area is 179 Å². The molecule has 4 saturated carbocycles. The first-order valence-electron chi connectivity index (χ1n) is 13.1. The van der Waals surface area contributed by atoms with Crippen LogP contribution in [-0.2, 0) is 9.47 Å². The van der Waals surface area contributed by atoms with Crippen LogP contribution in [0, 0.1) is 35.5 Å². The lowest BCUT2D eigenvalue weighted by Gasteiger charge is -2.34. The van der Waals surface area contributed by atoms with Crippen molar-refractivity contribution in [3.05, 3.63) is 0 Å². The predicted molar refractivity (Wildman–Crippen MR) is 119 cm³/mol. The molecular weight excluding hydrogens is 356 g/mol. The van der Waals surface area contributed by atoms with Crippen LogP contribution in [0.25, 0.3) is 0 Å². The monoisotopic (exact) mass is 400 g/mol. The zero-order valence-corrected chi connectivity index (χ0v) is 18.7. The van der Waals surface area contributed by atoms with Crippen LogP contribution in [0.15, 0.2) is 0 Å². The molecule has 0 aromatic carbocycles. The first-order valence-corrected chi connectivity index (χ1v) is 13.1. The van der Waals surface area contributed by atoms with Crippen LogP contribution < -0.4 is 0 Å². The molecule has 2 heteroatoms. The summed E-state index contributed by atoms with van der Waals surface area (Å²) in [5, 5.41) is 0. The van der Waals surface area contributed by atoms with E-state index in [1.165, 1.54) is 116 Å². The molecule has 0 aliphatic heterocycles. The molecule has 29 heavy (non-hydrogen) atoms. The van der Waals surface area contributed by atoms with Gasteiger partial charge in [-0.1, -0.05) is 63.2 Å². The van der Waals surface area contributed by atoms with Gasteiger partial charge < -0.3 is 9.47 Å². The Morgan fingerprint density at radius 3 is 1.48 bits per heavy atom. The zero-order valence-electron chi connectivity index (χ0n) is 18.7. The maximum Gasteiger partial charge on any atom is 0.147 e. The van der Waals surface area contributed by atoms with E-state index in [0.29, 0.717) is 30.8 Å². The third-order valence-corrected chi connectivity index (χ3v) is 8.41. The summed E-state index contributed by atoms with van der Waals surface area (Å²) < 4.78 is 12.0. The van der Waals surface area contributed by atoms with Gasteiger partial charge in [-0.05, 0) is 76.0 Å². The summed E-state index contributed by atoms with van der Waals surface area (Å²) in [6.07, 6.45) is 25.3. The second kappa shape index (κ2) is 11.8. The number of hydrogen-bond donors (Lipinski definition) is 0. The van der Waals surface area contributed by atoms with Gasteiger partial charge in [-0.15, -0.1) is 0 Å². The molecule has 0 radical (unpaired) electrons. The molecular formula is C27H44O2. The van der Waals surface area contributed by atoms with E-state index in [2.05, 4.69) is 11.8 Å². The summed E-state index contributed by atoms with van der Waals surface area (Å²) in [6.45, 7) is 0.510. The molecule has 0 unspecified atom stereocenters. The fourth-order valence-corrected chi connectivity index (χ4v) is 6.41. The van der Waals surface area contributed by atoms with E-state index in [9.17, 15) is 0 Å². The van der Waals surface area contributed by atoms with E-state index < -0.39 is 0 Å². The zero-order chi connectivity index (χ0) is 19.7. The minimum absolute atomic E-state index is 0.405. The van der Waals surface area contributed by atoms with E-state index in [-0.39, 0.29) is 0 Å². The summed E-state index contributed by atoms with van der Waals surface area (Å²) in [7, 11) is 0. The van der Waals surface area contributed by atoms with Crippen molar-refractivity contribution in [3.63, 3.8) is 0 Å². The highest BCUT2D eigenvalue weighted by Crippen LogP contribution is 2.39. The molecule has 164 valence electrons. The smallest absolute Gasteiger partial charge is 0.147 e. The largest absolute Gasteiger partial charge is 0.352 e. The van der Waals surface area contributed by atoms with E-state index in [0.717, 1.165) is 11.8 Å². The van der Waals surface area contributed by atoms with Gasteiger partial charge in [0, 0.05) is 11.8 Å². The van der Waals surface area contributed by atoms with Crippen molar-refractivity contribution in [2.45, 2.75) is 128 Å². The predicted octanol–water partition coefficient (Wildman–Crippen LogP) is 7.26. The van der Waals surface area contributed by atoms with Crippen molar-refractivity contribution in [3.8, 4) is 11.8 Å². The molecule has 4 rings (SSSR count). The molecule has 0 atom stereocenters. The molecule has 0 saturated heterocycles.